The summed E-state index contributed by atoms with van der Waals surface area (Å²) in [5.41, 5.74) is 12.4. The zero-order chi connectivity index (χ0) is 23.4. The van der Waals surface area contributed by atoms with Gasteiger partial charge in [0.15, 0.2) is 5.69 Å². The van der Waals surface area contributed by atoms with Gasteiger partial charge in [0.25, 0.3) is 11.8 Å². The Hall–Kier alpha value is -3.92. The third-order valence-corrected chi connectivity index (χ3v) is 4.71. The molecule has 0 unspecified atom stereocenters. The molecule has 0 aliphatic rings. The number of nitrogens with one attached hydrogen (secondary N) is 2. The number of carbonyl (C=O) groups is 3. The van der Waals surface area contributed by atoms with E-state index in [2.05, 4.69) is 20.7 Å². The highest BCUT2D eigenvalue weighted by Gasteiger charge is 2.26. The Labute approximate surface area is 188 Å². The van der Waals surface area contributed by atoms with Crippen molar-refractivity contribution in [3.05, 3.63) is 64.6 Å². The summed E-state index contributed by atoms with van der Waals surface area (Å²) in [6.07, 6.45) is 2.97. The molecular formula is C21H22ClN7O3. The van der Waals surface area contributed by atoms with Gasteiger partial charge in [-0.25, -0.2) is 4.68 Å². The number of primary amides is 1. The van der Waals surface area contributed by atoms with Gasteiger partial charge in [0.1, 0.15) is 11.4 Å². The number of amides is 3. The first-order valence-corrected chi connectivity index (χ1v) is 10.0. The summed E-state index contributed by atoms with van der Waals surface area (Å²) in [6, 6.07) is 8.27. The monoisotopic (exact) mass is 455 g/mol. The van der Waals surface area contributed by atoms with Crippen LogP contribution in [0.25, 0.3) is 0 Å². The van der Waals surface area contributed by atoms with E-state index in [1.54, 1.807) is 38.1 Å². The maximum Gasteiger partial charge on any atom is 0.277 e. The van der Waals surface area contributed by atoms with Crippen molar-refractivity contribution >= 4 is 46.5 Å². The van der Waals surface area contributed by atoms with Gasteiger partial charge in [-0.05, 0) is 37.6 Å². The van der Waals surface area contributed by atoms with Crippen molar-refractivity contribution in [2.45, 2.75) is 26.3 Å². The number of halogens is 1. The Morgan fingerprint density at radius 2 is 1.72 bits per heavy atom. The highest BCUT2D eigenvalue weighted by Crippen LogP contribution is 2.22. The molecule has 1 aromatic carbocycles. The zero-order valence-corrected chi connectivity index (χ0v) is 18.2. The van der Waals surface area contributed by atoms with Gasteiger partial charge in [0.05, 0.1) is 30.2 Å². The fourth-order valence-corrected chi connectivity index (χ4v) is 3.13. The molecule has 0 bridgehead atoms. The van der Waals surface area contributed by atoms with Crippen LogP contribution >= 0.6 is 11.6 Å². The third kappa shape index (κ3) is 5.22. The number of nitrogen functional groups attached to an aromatic ring is 1. The SMILES string of the molecule is CC(C)n1nc(C(=O)Nc2cncc(NC(=O)Cc3ccc(Cl)cc3)c2)c(C(N)=O)c1N. The molecule has 2 aromatic heterocycles. The van der Waals surface area contributed by atoms with Crippen molar-refractivity contribution in [2.24, 2.45) is 5.73 Å². The van der Waals surface area contributed by atoms with Gasteiger partial charge in [0, 0.05) is 11.1 Å². The number of aromatic nitrogens is 3. The number of carbonyl (C=O) groups excluding carboxylic acids is 3. The Balaban J connectivity index is 1.74. The molecule has 166 valence electrons. The summed E-state index contributed by atoms with van der Waals surface area (Å²) in [5, 5.41) is 10.0. The van der Waals surface area contributed by atoms with E-state index in [-0.39, 0.29) is 41.1 Å². The van der Waals surface area contributed by atoms with E-state index in [9.17, 15) is 14.4 Å². The minimum absolute atomic E-state index is 0.0130. The maximum atomic E-state index is 12.8. The van der Waals surface area contributed by atoms with E-state index < -0.39 is 11.8 Å². The van der Waals surface area contributed by atoms with Crippen LogP contribution in [-0.4, -0.2) is 32.5 Å². The molecular weight excluding hydrogens is 434 g/mol. The fourth-order valence-electron chi connectivity index (χ4n) is 3.00. The second-order valence-electron chi connectivity index (χ2n) is 7.28. The molecule has 0 spiro atoms. The molecule has 3 rings (SSSR count). The predicted octanol–water partition coefficient (Wildman–Crippen LogP) is 2.63. The minimum Gasteiger partial charge on any atom is -0.383 e. The number of rotatable bonds is 7. The Bertz CT molecular complexity index is 1170. The summed E-state index contributed by atoms with van der Waals surface area (Å²) in [6.45, 7) is 3.60. The lowest BCUT2D eigenvalue weighted by atomic mass is 10.1. The topological polar surface area (TPSA) is 158 Å². The summed E-state index contributed by atoms with van der Waals surface area (Å²) >= 11 is 5.85. The molecule has 0 aliphatic heterocycles. The summed E-state index contributed by atoms with van der Waals surface area (Å²) in [7, 11) is 0. The summed E-state index contributed by atoms with van der Waals surface area (Å²) in [5.74, 6) is -1.80. The van der Waals surface area contributed by atoms with Crippen molar-refractivity contribution in [2.75, 3.05) is 16.4 Å². The molecule has 0 saturated carbocycles. The van der Waals surface area contributed by atoms with Gasteiger partial charge in [-0.1, -0.05) is 23.7 Å². The number of pyridine rings is 1. The van der Waals surface area contributed by atoms with E-state index in [0.29, 0.717) is 10.7 Å². The van der Waals surface area contributed by atoms with Gasteiger partial charge in [-0.3, -0.25) is 19.4 Å². The molecule has 6 N–H and O–H groups in total. The molecule has 10 nitrogen and oxygen atoms in total. The molecule has 0 radical (unpaired) electrons. The van der Waals surface area contributed by atoms with Gasteiger partial charge in [0.2, 0.25) is 5.91 Å². The van der Waals surface area contributed by atoms with Crippen molar-refractivity contribution in [3.63, 3.8) is 0 Å². The van der Waals surface area contributed by atoms with Gasteiger partial charge >= 0.3 is 0 Å². The Morgan fingerprint density at radius 1 is 1.09 bits per heavy atom. The van der Waals surface area contributed by atoms with Crippen molar-refractivity contribution in [1.29, 1.82) is 0 Å². The van der Waals surface area contributed by atoms with Crippen LogP contribution in [0.5, 0.6) is 0 Å². The molecule has 3 amide bonds. The molecule has 11 heteroatoms. The maximum absolute atomic E-state index is 12.8. The van der Waals surface area contributed by atoms with Crippen molar-refractivity contribution < 1.29 is 14.4 Å². The number of hydrogen-bond acceptors (Lipinski definition) is 6. The van der Waals surface area contributed by atoms with Crippen LogP contribution in [0.1, 0.15) is 46.3 Å². The first-order chi connectivity index (χ1) is 15.2. The number of nitrogens with two attached hydrogens (primary N) is 2. The van der Waals surface area contributed by atoms with Gasteiger partial charge in [-0.2, -0.15) is 5.10 Å². The standard InChI is InChI=1S/C21H22ClN7O3/c1-11(2)29-19(23)17(20(24)31)18(28-29)21(32)27-15-8-14(9-25-10-15)26-16(30)7-12-3-5-13(22)6-4-12/h3-6,8-11H,7,23H2,1-2H3,(H2,24,31)(H,26,30)(H,27,32). The first-order valence-electron chi connectivity index (χ1n) is 9.64. The van der Waals surface area contributed by atoms with E-state index >= 15 is 0 Å². The molecule has 0 aliphatic carbocycles. The molecule has 3 aromatic rings. The summed E-state index contributed by atoms with van der Waals surface area (Å²) in [4.78, 5) is 40.9. The van der Waals surface area contributed by atoms with Crippen molar-refractivity contribution in [3.8, 4) is 0 Å². The van der Waals surface area contributed by atoms with Crippen molar-refractivity contribution in [1.82, 2.24) is 14.8 Å². The second-order valence-corrected chi connectivity index (χ2v) is 7.72. The van der Waals surface area contributed by atoms with Crippen LogP contribution in [0.2, 0.25) is 5.02 Å². The zero-order valence-electron chi connectivity index (χ0n) is 17.4. The van der Waals surface area contributed by atoms with Crippen LogP contribution in [0.15, 0.2) is 42.7 Å². The highest BCUT2D eigenvalue weighted by atomic mass is 35.5. The predicted molar refractivity (Wildman–Crippen MR) is 122 cm³/mol. The number of anilines is 3. The third-order valence-electron chi connectivity index (χ3n) is 4.46. The Kier molecular flexibility index (Phi) is 6.74. The molecule has 0 atom stereocenters. The van der Waals surface area contributed by atoms with Crippen LogP contribution in [-0.2, 0) is 11.2 Å². The molecule has 2 heterocycles. The Morgan fingerprint density at radius 3 is 2.31 bits per heavy atom. The van der Waals surface area contributed by atoms with E-state index in [0.717, 1.165) is 5.56 Å². The lowest BCUT2D eigenvalue weighted by Crippen LogP contribution is -2.21. The van der Waals surface area contributed by atoms with E-state index in [1.165, 1.54) is 23.1 Å². The average Bonchev–Trinajstić information content (AvgIpc) is 3.08. The largest absolute Gasteiger partial charge is 0.383 e. The van der Waals surface area contributed by atoms with Crippen LogP contribution < -0.4 is 22.1 Å². The molecule has 0 saturated heterocycles. The fraction of sp³-hybridized carbons (Fsp3) is 0.190. The van der Waals surface area contributed by atoms with Crippen LogP contribution in [0, 0.1) is 0 Å². The van der Waals surface area contributed by atoms with Crippen LogP contribution in [0.3, 0.4) is 0 Å². The van der Waals surface area contributed by atoms with E-state index in [1.807, 2.05) is 0 Å². The summed E-state index contributed by atoms with van der Waals surface area (Å²) < 4.78 is 1.35. The smallest absolute Gasteiger partial charge is 0.277 e. The second kappa shape index (κ2) is 9.48. The number of benzene rings is 1. The number of hydrogen-bond donors (Lipinski definition) is 4. The quantitative estimate of drug-likeness (QED) is 0.428. The first kappa shape index (κ1) is 22.8. The van der Waals surface area contributed by atoms with Gasteiger partial charge in [-0.15, -0.1) is 0 Å². The lowest BCUT2D eigenvalue weighted by molar-refractivity contribution is -0.115. The molecule has 32 heavy (non-hydrogen) atoms. The number of nitrogens with zero attached hydrogens (tertiary/aromatic N) is 3. The minimum atomic E-state index is -0.860. The molecule has 0 fully saturated rings. The normalized spacial score (nSPS) is 10.8. The van der Waals surface area contributed by atoms with Crippen LogP contribution in [0.4, 0.5) is 17.2 Å². The van der Waals surface area contributed by atoms with E-state index in [4.69, 9.17) is 23.1 Å². The average molecular weight is 456 g/mol. The van der Waals surface area contributed by atoms with Gasteiger partial charge < -0.3 is 22.1 Å². The lowest BCUT2D eigenvalue weighted by Gasteiger charge is -2.08. The highest BCUT2D eigenvalue weighted by molar-refractivity contribution is 6.30.